The molecule has 0 bridgehead atoms. The first-order chi connectivity index (χ1) is 15.5. The van der Waals surface area contributed by atoms with Crippen LogP contribution < -0.4 is 20.1 Å². The lowest BCUT2D eigenvalue weighted by atomic mass is 10.0. The molecule has 170 valence electrons. The van der Waals surface area contributed by atoms with Crippen LogP contribution in [0.2, 0.25) is 0 Å². The number of rotatable bonds is 5. The standard InChI is InChI=1S/C24H30N4O4/c1-17-3-5-18(6-4-17)20(28-11-9-27(2)10-12-28)16-25-23(29)24(30)26-19-7-8-21-22(15-19)32-14-13-31-21/h3-8,15,20H,9-14,16H2,1-2H3,(H,25,29)(H,26,30)/t20-/m0/s1. The van der Waals surface area contributed by atoms with Crippen molar-refractivity contribution in [3.8, 4) is 11.5 Å². The smallest absolute Gasteiger partial charge is 0.313 e. The molecule has 1 fully saturated rings. The maximum atomic E-state index is 12.6. The van der Waals surface area contributed by atoms with Crippen LogP contribution in [0.1, 0.15) is 17.2 Å². The van der Waals surface area contributed by atoms with Crippen LogP contribution in [-0.4, -0.2) is 74.6 Å². The summed E-state index contributed by atoms with van der Waals surface area (Å²) in [4.78, 5) is 29.7. The summed E-state index contributed by atoms with van der Waals surface area (Å²) in [5.41, 5.74) is 2.81. The molecule has 0 unspecified atom stereocenters. The number of benzene rings is 2. The van der Waals surface area contributed by atoms with E-state index in [1.807, 2.05) is 0 Å². The van der Waals surface area contributed by atoms with Gasteiger partial charge < -0.3 is 25.0 Å². The number of fused-ring (bicyclic) bond motifs is 1. The maximum Gasteiger partial charge on any atom is 0.313 e. The fourth-order valence-corrected chi connectivity index (χ4v) is 3.96. The van der Waals surface area contributed by atoms with Crippen molar-refractivity contribution < 1.29 is 19.1 Å². The number of hydrogen-bond acceptors (Lipinski definition) is 6. The van der Waals surface area contributed by atoms with Crippen molar-refractivity contribution in [3.63, 3.8) is 0 Å². The summed E-state index contributed by atoms with van der Waals surface area (Å²) >= 11 is 0. The third-order valence-electron chi connectivity index (χ3n) is 5.90. The van der Waals surface area contributed by atoms with Crippen molar-refractivity contribution in [3.05, 3.63) is 53.6 Å². The third kappa shape index (κ3) is 5.38. The molecule has 2 amide bonds. The average molecular weight is 439 g/mol. The van der Waals surface area contributed by atoms with Gasteiger partial charge in [0, 0.05) is 44.5 Å². The fraction of sp³-hybridized carbons (Fsp3) is 0.417. The summed E-state index contributed by atoms with van der Waals surface area (Å²) in [5, 5.41) is 5.47. The number of nitrogens with one attached hydrogen (secondary N) is 2. The van der Waals surface area contributed by atoms with E-state index in [1.54, 1.807) is 18.2 Å². The molecule has 2 aromatic rings. The van der Waals surface area contributed by atoms with Gasteiger partial charge in [-0.2, -0.15) is 0 Å². The molecule has 8 heteroatoms. The molecular formula is C24H30N4O4. The van der Waals surface area contributed by atoms with Crippen LogP contribution in [-0.2, 0) is 9.59 Å². The molecule has 8 nitrogen and oxygen atoms in total. The molecular weight excluding hydrogens is 408 g/mol. The van der Waals surface area contributed by atoms with E-state index < -0.39 is 11.8 Å². The van der Waals surface area contributed by atoms with E-state index in [-0.39, 0.29) is 6.04 Å². The lowest BCUT2D eigenvalue weighted by Gasteiger charge is -2.38. The van der Waals surface area contributed by atoms with Gasteiger partial charge in [0.25, 0.3) is 0 Å². The van der Waals surface area contributed by atoms with E-state index in [4.69, 9.17) is 9.47 Å². The van der Waals surface area contributed by atoms with Crippen molar-refractivity contribution in [1.82, 2.24) is 15.1 Å². The van der Waals surface area contributed by atoms with Crippen molar-refractivity contribution in [1.29, 1.82) is 0 Å². The zero-order valence-corrected chi connectivity index (χ0v) is 18.6. The summed E-state index contributed by atoms with van der Waals surface area (Å²) in [6.45, 7) is 7.14. The van der Waals surface area contributed by atoms with Gasteiger partial charge >= 0.3 is 11.8 Å². The predicted molar refractivity (Wildman–Crippen MR) is 122 cm³/mol. The fourth-order valence-electron chi connectivity index (χ4n) is 3.96. The number of nitrogens with zero attached hydrogens (tertiary/aromatic N) is 2. The number of carbonyl (C=O) groups is 2. The van der Waals surface area contributed by atoms with Crippen molar-refractivity contribution in [2.75, 3.05) is 58.3 Å². The molecule has 2 heterocycles. The van der Waals surface area contributed by atoms with Crippen molar-refractivity contribution >= 4 is 17.5 Å². The van der Waals surface area contributed by atoms with Gasteiger partial charge in [0.2, 0.25) is 0 Å². The van der Waals surface area contributed by atoms with Gasteiger partial charge in [0.1, 0.15) is 13.2 Å². The molecule has 2 N–H and O–H groups in total. The van der Waals surface area contributed by atoms with Gasteiger partial charge in [0.05, 0.1) is 6.04 Å². The van der Waals surface area contributed by atoms with Gasteiger partial charge in [-0.1, -0.05) is 29.8 Å². The average Bonchev–Trinajstić information content (AvgIpc) is 2.81. The Morgan fingerprint density at radius 1 is 0.938 bits per heavy atom. The van der Waals surface area contributed by atoms with E-state index in [9.17, 15) is 9.59 Å². The highest BCUT2D eigenvalue weighted by molar-refractivity contribution is 6.39. The number of anilines is 1. The molecule has 0 aliphatic carbocycles. The molecule has 2 aliphatic rings. The Labute approximate surface area is 188 Å². The zero-order chi connectivity index (χ0) is 22.5. The largest absolute Gasteiger partial charge is 0.486 e. The molecule has 0 spiro atoms. The summed E-state index contributed by atoms with van der Waals surface area (Å²) in [6.07, 6.45) is 0. The van der Waals surface area contributed by atoms with Gasteiger partial charge in [0.15, 0.2) is 11.5 Å². The number of amides is 2. The Bertz CT molecular complexity index is 955. The molecule has 2 aliphatic heterocycles. The first kappa shape index (κ1) is 22.1. The lowest BCUT2D eigenvalue weighted by molar-refractivity contribution is -0.136. The number of likely N-dealkylation sites (N-methyl/N-ethyl adjacent to an activating group) is 1. The van der Waals surface area contributed by atoms with Crippen LogP contribution >= 0.6 is 0 Å². The summed E-state index contributed by atoms with van der Waals surface area (Å²) in [7, 11) is 2.11. The molecule has 4 rings (SSSR count). The Kier molecular flexibility index (Phi) is 6.92. The van der Waals surface area contributed by atoms with Crippen molar-refractivity contribution in [2.24, 2.45) is 0 Å². The first-order valence-electron chi connectivity index (χ1n) is 11.0. The Morgan fingerprint density at radius 2 is 1.62 bits per heavy atom. The summed E-state index contributed by atoms with van der Waals surface area (Å²) in [5.74, 6) is -0.176. The van der Waals surface area contributed by atoms with Crippen LogP contribution in [0.5, 0.6) is 11.5 Å². The predicted octanol–water partition coefficient (Wildman–Crippen LogP) is 1.81. The second-order valence-electron chi connectivity index (χ2n) is 8.29. The van der Waals surface area contributed by atoms with E-state index >= 15 is 0 Å². The van der Waals surface area contributed by atoms with E-state index in [2.05, 4.69) is 58.7 Å². The summed E-state index contributed by atoms with van der Waals surface area (Å²) in [6, 6.07) is 13.4. The third-order valence-corrected chi connectivity index (χ3v) is 5.90. The lowest BCUT2D eigenvalue weighted by Crippen LogP contribution is -2.49. The minimum Gasteiger partial charge on any atom is -0.486 e. The van der Waals surface area contributed by atoms with Crippen LogP contribution in [0.25, 0.3) is 0 Å². The second-order valence-corrected chi connectivity index (χ2v) is 8.29. The minimum absolute atomic E-state index is 0.00958. The highest BCUT2D eigenvalue weighted by Gasteiger charge is 2.25. The number of aryl methyl sites for hydroxylation is 1. The molecule has 1 saturated heterocycles. The SMILES string of the molecule is Cc1ccc([C@H](CNC(=O)C(=O)Nc2ccc3c(c2)OCCO3)N2CCN(C)CC2)cc1. The Balaban J connectivity index is 1.39. The first-order valence-corrected chi connectivity index (χ1v) is 11.0. The molecule has 0 radical (unpaired) electrons. The second kappa shape index (κ2) is 10.0. The van der Waals surface area contributed by atoms with Gasteiger partial charge in [-0.25, -0.2) is 0 Å². The van der Waals surface area contributed by atoms with Crippen LogP contribution in [0.15, 0.2) is 42.5 Å². The Hall–Kier alpha value is -3.10. The number of ether oxygens (including phenoxy) is 2. The molecule has 0 saturated carbocycles. The van der Waals surface area contributed by atoms with E-state index in [0.29, 0.717) is 36.9 Å². The highest BCUT2D eigenvalue weighted by Crippen LogP contribution is 2.32. The van der Waals surface area contributed by atoms with Gasteiger partial charge in [-0.05, 0) is 31.7 Å². The van der Waals surface area contributed by atoms with E-state index in [1.165, 1.54) is 5.56 Å². The van der Waals surface area contributed by atoms with E-state index in [0.717, 1.165) is 31.7 Å². The molecule has 1 atom stereocenters. The normalized spacial score (nSPS) is 17.4. The highest BCUT2D eigenvalue weighted by atomic mass is 16.6. The molecule has 0 aromatic heterocycles. The number of carbonyl (C=O) groups excluding carboxylic acids is 2. The van der Waals surface area contributed by atoms with Crippen LogP contribution in [0, 0.1) is 6.92 Å². The van der Waals surface area contributed by atoms with Crippen LogP contribution in [0.4, 0.5) is 5.69 Å². The zero-order valence-electron chi connectivity index (χ0n) is 18.6. The molecule has 32 heavy (non-hydrogen) atoms. The Morgan fingerprint density at radius 3 is 2.34 bits per heavy atom. The van der Waals surface area contributed by atoms with Gasteiger partial charge in [-0.3, -0.25) is 14.5 Å². The topological polar surface area (TPSA) is 83.1 Å². The quantitative estimate of drug-likeness (QED) is 0.693. The number of piperazine rings is 1. The summed E-state index contributed by atoms with van der Waals surface area (Å²) < 4.78 is 11.0. The monoisotopic (exact) mass is 438 g/mol. The molecule has 2 aromatic carbocycles. The van der Waals surface area contributed by atoms with Crippen molar-refractivity contribution in [2.45, 2.75) is 13.0 Å². The number of hydrogen-bond donors (Lipinski definition) is 2. The maximum absolute atomic E-state index is 12.6. The van der Waals surface area contributed by atoms with Crippen LogP contribution in [0.3, 0.4) is 0 Å². The minimum atomic E-state index is -0.706. The van der Waals surface area contributed by atoms with Gasteiger partial charge in [-0.15, -0.1) is 0 Å².